The predicted molar refractivity (Wildman–Crippen MR) is 76.9 cm³/mol. The molecule has 3 heteroatoms. The monoisotopic (exact) mass is 264 g/mol. The lowest BCUT2D eigenvalue weighted by Gasteiger charge is -2.25. The van der Waals surface area contributed by atoms with E-state index in [2.05, 4.69) is 10.2 Å². The SMILES string of the molecule is O=C(C1CCCCCCC1)N1C[C@@H]2CCCN[C@@H]2C1. The van der Waals surface area contributed by atoms with Crippen molar-refractivity contribution >= 4 is 5.91 Å². The number of carbonyl (C=O) groups is 1. The molecule has 0 bridgehead atoms. The summed E-state index contributed by atoms with van der Waals surface area (Å²) in [5.74, 6) is 1.53. The second-order valence-electron chi connectivity index (χ2n) is 6.75. The van der Waals surface area contributed by atoms with E-state index < -0.39 is 0 Å². The normalized spacial score (nSPS) is 33.6. The third kappa shape index (κ3) is 3.13. The van der Waals surface area contributed by atoms with E-state index >= 15 is 0 Å². The Morgan fingerprint density at radius 2 is 1.63 bits per heavy atom. The summed E-state index contributed by atoms with van der Waals surface area (Å²) in [4.78, 5) is 14.9. The molecule has 3 nitrogen and oxygen atoms in total. The van der Waals surface area contributed by atoms with E-state index in [1.54, 1.807) is 0 Å². The largest absolute Gasteiger partial charge is 0.341 e. The summed E-state index contributed by atoms with van der Waals surface area (Å²) < 4.78 is 0. The molecular weight excluding hydrogens is 236 g/mol. The molecular formula is C16H28N2O. The highest BCUT2D eigenvalue weighted by Crippen LogP contribution is 2.29. The molecule has 1 saturated carbocycles. The van der Waals surface area contributed by atoms with E-state index in [-0.39, 0.29) is 0 Å². The quantitative estimate of drug-likeness (QED) is 0.789. The Bertz CT molecular complexity index is 296. The highest BCUT2D eigenvalue weighted by molar-refractivity contribution is 5.79. The Kier molecular flexibility index (Phi) is 4.42. The van der Waals surface area contributed by atoms with Crippen LogP contribution in [0.15, 0.2) is 0 Å². The van der Waals surface area contributed by atoms with Gasteiger partial charge in [0.25, 0.3) is 0 Å². The lowest BCUT2D eigenvalue weighted by molar-refractivity contribution is -0.135. The number of rotatable bonds is 1. The Hall–Kier alpha value is -0.570. The standard InChI is InChI=1S/C16H28N2O/c19-16(13-7-4-2-1-3-5-8-13)18-11-14-9-6-10-17-15(14)12-18/h13-15,17H,1-12H2/t14-,15+/m0/s1. The van der Waals surface area contributed by atoms with Gasteiger partial charge in [0.1, 0.15) is 0 Å². The number of likely N-dealkylation sites (tertiary alicyclic amines) is 1. The summed E-state index contributed by atoms with van der Waals surface area (Å²) in [5.41, 5.74) is 0. The topological polar surface area (TPSA) is 32.3 Å². The number of amides is 1. The van der Waals surface area contributed by atoms with Crippen LogP contribution in [0.25, 0.3) is 0 Å². The maximum absolute atomic E-state index is 12.7. The predicted octanol–water partition coefficient (Wildman–Crippen LogP) is 2.56. The van der Waals surface area contributed by atoms with Gasteiger partial charge >= 0.3 is 0 Å². The lowest BCUT2D eigenvalue weighted by Crippen LogP contribution is -2.41. The molecule has 0 aromatic carbocycles. The van der Waals surface area contributed by atoms with Crippen molar-refractivity contribution in [2.24, 2.45) is 11.8 Å². The molecule has 1 amide bonds. The second kappa shape index (κ2) is 6.25. The molecule has 2 atom stereocenters. The van der Waals surface area contributed by atoms with Gasteiger partial charge in [-0.15, -0.1) is 0 Å². The van der Waals surface area contributed by atoms with Crippen LogP contribution >= 0.6 is 0 Å². The Balaban J connectivity index is 1.57. The first-order valence-corrected chi connectivity index (χ1v) is 8.37. The van der Waals surface area contributed by atoms with Crippen molar-refractivity contribution < 1.29 is 4.79 Å². The highest BCUT2D eigenvalue weighted by atomic mass is 16.2. The Labute approximate surface area is 117 Å². The third-order valence-corrected chi connectivity index (χ3v) is 5.37. The van der Waals surface area contributed by atoms with Crippen LogP contribution in [0.2, 0.25) is 0 Å². The van der Waals surface area contributed by atoms with Crippen LogP contribution in [0.4, 0.5) is 0 Å². The van der Waals surface area contributed by atoms with E-state index in [1.807, 2.05) is 0 Å². The Morgan fingerprint density at radius 3 is 2.37 bits per heavy atom. The first kappa shape index (κ1) is 13.4. The minimum Gasteiger partial charge on any atom is -0.341 e. The fourth-order valence-corrected chi connectivity index (χ4v) is 4.19. The van der Waals surface area contributed by atoms with Gasteiger partial charge < -0.3 is 10.2 Å². The molecule has 0 unspecified atom stereocenters. The number of nitrogens with one attached hydrogen (secondary N) is 1. The summed E-state index contributed by atoms with van der Waals surface area (Å²) in [5, 5.41) is 3.60. The molecule has 3 rings (SSSR count). The summed E-state index contributed by atoms with van der Waals surface area (Å²) in [6.07, 6.45) is 11.4. The van der Waals surface area contributed by atoms with Gasteiger partial charge in [-0.2, -0.15) is 0 Å². The maximum Gasteiger partial charge on any atom is 0.225 e. The van der Waals surface area contributed by atoms with E-state index in [0.717, 1.165) is 38.4 Å². The molecule has 0 aromatic rings. The van der Waals surface area contributed by atoms with Gasteiger partial charge in [-0.1, -0.05) is 32.1 Å². The smallest absolute Gasteiger partial charge is 0.225 e. The summed E-state index contributed by atoms with van der Waals surface area (Å²) in [7, 11) is 0. The number of hydrogen-bond donors (Lipinski definition) is 1. The zero-order valence-electron chi connectivity index (χ0n) is 12.1. The Morgan fingerprint density at radius 1 is 0.895 bits per heavy atom. The molecule has 3 aliphatic rings. The first-order valence-electron chi connectivity index (χ1n) is 8.37. The molecule has 0 spiro atoms. The average molecular weight is 264 g/mol. The molecule has 2 saturated heterocycles. The van der Waals surface area contributed by atoms with Gasteiger partial charge in [0, 0.05) is 25.0 Å². The summed E-state index contributed by atoms with van der Waals surface area (Å²) in [6.45, 7) is 3.14. The average Bonchev–Trinajstić information content (AvgIpc) is 2.81. The third-order valence-electron chi connectivity index (χ3n) is 5.37. The van der Waals surface area contributed by atoms with E-state index in [0.29, 0.717) is 17.9 Å². The molecule has 0 radical (unpaired) electrons. The zero-order chi connectivity index (χ0) is 13.1. The number of carbonyl (C=O) groups excluding carboxylic acids is 1. The molecule has 0 aromatic heterocycles. The fraction of sp³-hybridized carbons (Fsp3) is 0.938. The van der Waals surface area contributed by atoms with Crippen LogP contribution in [0.5, 0.6) is 0 Å². The number of hydrogen-bond acceptors (Lipinski definition) is 2. The van der Waals surface area contributed by atoms with Gasteiger partial charge in [-0.05, 0) is 38.1 Å². The van der Waals surface area contributed by atoms with Gasteiger partial charge in [0.2, 0.25) is 5.91 Å². The second-order valence-corrected chi connectivity index (χ2v) is 6.75. The summed E-state index contributed by atoms with van der Waals surface area (Å²) >= 11 is 0. The molecule has 3 fully saturated rings. The molecule has 108 valence electrons. The maximum atomic E-state index is 12.7. The van der Waals surface area contributed by atoms with Crippen LogP contribution in [0.1, 0.15) is 57.8 Å². The van der Waals surface area contributed by atoms with Gasteiger partial charge in [-0.3, -0.25) is 4.79 Å². The zero-order valence-corrected chi connectivity index (χ0v) is 12.1. The van der Waals surface area contributed by atoms with Crippen molar-refractivity contribution in [2.75, 3.05) is 19.6 Å². The van der Waals surface area contributed by atoms with Crippen molar-refractivity contribution in [3.05, 3.63) is 0 Å². The fourth-order valence-electron chi connectivity index (χ4n) is 4.19. The van der Waals surface area contributed by atoms with E-state index in [4.69, 9.17) is 0 Å². The van der Waals surface area contributed by atoms with Crippen molar-refractivity contribution in [2.45, 2.75) is 63.8 Å². The van der Waals surface area contributed by atoms with E-state index in [1.165, 1.54) is 44.9 Å². The molecule has 1 aliphatic carbocycles. The van der Waals surface area contributed by atoms with Crippen molar-refractivity contribution in [3.8, 4) is 0 Å². The van der Waals surface area contributed by atoms with Gasteiger partial charge in [-0.25, -0.2) is 0 Å². The molecule has 1 N–H and O–H groups in total. The van der Waals surface area contributed by atoms with Crippen LogP contribution < -0.4 is 5.32 Å². The lowest BCUT2D eigenvalue weighted by atomic mass is 9.90. The first-order chi connectivity index (χ1) is 9.34. The number of fused-ring (bicyclic) bond motifs is 1. The van der Waals surface area contributed by atoms with Crippen LogP contribution in [-0.2, 0) is 4.79 Å². The van der Waals surface area contributed by atoms with Crippen molar-refractivity contribution in [3.63, 3.8) is 0 Å². The minimum atomic E-state index is 0.334. The molecule has 19 heavy (non-hydrogen) atoms. The van der Waals surface area contributed by atoms with Gasteiger partial charge in [0.15, 0.2) is 0 Å². The van der Waals surface area contributed by atoms with Crippen molar-refractivity contribution in [1.82, 2.24) is 10.2 Å². The van der Waals surface area contributed by atoms with Crippen molar-refractivity contribution in [1.29, 1.82) is 0 Å². The highest BCUT2D eigenvalue weighted by Gasteiger charge is 2.38. The van der Waals surface area contributed by atoms with Crippen LogP contribution in [0.3, 0.4) is 0 Å². The van der Waals surface area contributed by atoms with Crippen LogP contribution in [-0.4, -0.2) is 36.5 Å². The molecule has 2 heterocycles. The minimum absolute atomic E-state index is 0.334. The van der Waals surface area contributed by atoms with Crippen LogP contribution in [0, 0.1) is 11.8 Å². The number of piperidine rings is 1. The van der Waals surface area contributed by atoms with Gasteiger partial charge in [0.05, 0.1) is 0 Å². The summed E-state index contributed by atoms with van der Waals surface area (Å²) in [6, 6.07) is 0.589. The van der Waals surface area contributed by atoms with E-state index in [9.17, 15) is 4.79 Å². The molecule has 2 aliphatic heterocycles. The number of nitrogens with zero attached hydrogens (tertiary/aromatic N) is 1.